The predicted octanol–water partition coefficient (Wildman–Crippen LogP) is 2.15. The molecule has 0 radical (unpaired) electrons. The number of aliphatic hydroxyl groups is 2. The molecule has 3 aliphatic heterocycles. The van der Waals surface area contributed by atoms with Gasteiger partial charge in [0, 0.05) is 43.6 Å². The summed E-state index contributed by atoms with van der Waals surface area (Å²) in [7, 11) is 0. The van der Waals surface area contributed by atoms with E-state index in [9.17, 15) is 23.4 Å². The molecule has 32 heavy (non-hydrogen) atoms. The summed E-state index contributed by atoms with van der Waals surface area (Å²) in [5.74, 6) is -0.360. The Morgan fingerprint density at radius 3 is 2.34 bits per heavy atom. The van der Waals surface area contributed by atoms with E-state index in [2.05, 4.69) is 20.2 Å². The molecule has 3 aliphatic rings. The molecule has 5 rings (SSSR count). The highest BCUT2D eigenvalue weighted by Gasteiger charge is 2.40. The summed E-state index contributed by atoms with van der Waals surface area (Å²) in [6.45, 7) is 1.49. The van der Waals surface area contributed by atoms with Crippen molar-refractivity contribution in [2.45, 2.75) is 43.4 Å². The Balaban J connectivity index is 1.37. The highest BCUT2D eigenvalue weighted by atomic mass is 19.4. The molecule has 4 heterocycles. The Morgan fingerprint density at radius 2 is 1.75 bits per heavy atom. The van der Waals surface area contributed by atoms with Crippen LogP contribution in [0, 0.1) is 0 Å². The minimum atomic E-state index is -4.66. The number of nitrogens with zero attached hydrogens (tertiary/aromatic N) is 4. The maximum Gasteiger partial charge on any atom is 0.421 e. The quantitative estimate of drug-likeness (QED) is 0.651. The SMILES string of the molecule is O[C@@H]1C[C@H](O)CN(c2nc(Nc3ccc(N4CC5CC4CO5)cc3)ncc2C(F)(F)F)C1. The van der Waals surface area contributed by atoms with Crippen molar-refractivity contribution < 1.29 is 28.1 Å². The number of hydrogen-bond donors (Lipinski definition) is 3. The standard InChI is InChI=1S/C21H24F3N5O3/c22-21(23,24)18-7-25-20(27-19(18)28-8-15(30)6-16(31)9-28)26-12-1-3-13(4-2-12)29-10-17-5-14(29)11-32-17/h1-4,7,14-17,30-31H,5-6,8-11H2,(H,25,26,27)/t14?,15-,16+,17?. The Morgan fingerprint density at radius 1 is 1.03 bits per heavy atom. The van der Waals surface area contributed by atoms with E-state index in [0.29, 0.717) is 11.7 Å². The molecule has 2 bridgehead atoms. The zero-order chi connectivity index (χ0) is 22.5. The van der Waals surface area contributed by atoms with Gasteiger partial charge >= 0.3 is 6.18 Å². The van der Waals surface area contributed by atoms with E-state index in [4.69, 9.17) is 4.74 Å². The smallest absolute Gasteiger partial charge is 0.391 e. The number of piperidine rings is 1. The lowest BCUT2D eigenvalue weighted by molar-refractivity contribution is -0.137. The molecule has 0 aliphatic carbocycles. The maximum absolute atomic E-state index is 13.5. The van der Waals surface area contributed by atoms with Crippen molar-refractivity contribution in [3.05, 3.63) is 36.0 Å². The first-order chi connectivity index (χ1) is 15.3. The van der Waals surface area contributed by atoms with Gasteiger partial charge in [0.2, 0.25) is 5.95 Å². The number of aliphatic hydroxyl groups excluding tert-OH is 2. The number of benzene rings is 1. The van der Waals surface area contributed by atoms with Gasteiger partial charge in [-0.3, -0.25) is 0 Å². The molecule has 1 aromatic heterocycles. The van der Waals surface area contributed by atoms with Crippen LogP contribution in [-0.4, -0.2) is 70.8 Å². The number of β-amino-alcohol motifs (C(OH)–C–C–N with tert-alkyl or cyclic N) is 2. The monoisotopic (exact) mass is 451 g/mol. The van der Waals surface area contributed by atoms with E-state index in [-0.39, 0.29) is 37.4 Å². The van der Waals surface area contributed by atoms with Gasteiger partial charge in [0.05, 0.1) is 31.0 Å². The molecule has 172 valence electrons. The van der Waals surface area contributed by atoms with Crippen LogP contribution in [0.4, 0.5) is 36.3 Å². The van der Waals surface area contributed by atoms with Crippen LogP contribution in [0.5, 0.6) is 0 Å². The number of morpholine rings is 1. The van der Waals surface area contributed by atoms with Gasteiger partial charge in [-0.15, -0.1) is 0 Å². The number of fused-ring (bicyclic) bond motifs is 2. The minimum absolute atomic E-state index is 0.00364. The Labute approximate surface area is 182 Å². The van der Waals surface area contributed by atoms with E-state index in [1.54, 1.807) is 0 Å². The van der Waals surface area contributed by atoms with Crippen LogP contribution in [0.25, 0.3) is 0 Å². The van der Waals surface area contributed by atoms with Crippen molar-refractivity contribution in [2.24, 2.45) is 0 Å². The Bertz CT molecular complexity index is 964. The number of ether oxygens (including phenoxy) is 1. The fourth-order valence-electron chi connectivity index (χ4n) is 4.67. The summed E-state index contributed by atoms with van der Waals surface area (Å²) in [6.07, 6.45) is -4.39. The molecule has 2 unspecified atom stereocenters. The van der Waals surface area contributed by atoms with Crippen LogP contribution in [0.2, 0.25) is 0 Å². The summed E-state index contributed by atoms with van der Waals surface area (Å²) >= 11 is 0. The van der Waals surface area contributed by atoms with E-state index >= 15 is 0 Å². The number of rotatable bonds is 4. The molecular weight excluding hydrogens is 427 g/mol. The van der Waals surface area contributed by atoms with Crippen LogP contribution in [0.15, 0.2) is 30.5 Å². The molecule has 1 aromatic carbocycles. The third-order valence-electron chi connectivity index (χ3n) is 6.14. The molecule has 11 heteroatoms. The number of halogens is 3. The lowest BCUT2D eigenvalue weighted by atomic mass is 10.1. The fraction of sp³-hybridized carbons (Fsp3) is 0.524. The average molecular weight is 451 g/mol. The first-order valence-electron chi connectivity index (χ1n) is 10.6. The molecule has 3 N–H and O–H groups in total. The Kier molecular flexibility index (Phi) is 5.34. The minimum Gasteiger partial charge on any atom is -0.391 e. The molecule has 4 atom stereocenters. The van der Waals surface area contributed by atoms with Gasteiger partial charge in [-0.05, 0) is 30.7 Å². The number of alkyl halides is 3. The summed E-state index contributed by atoms with van der Waals surface area (Å²) in [5, 5.41) is 22.8. The topological polar surface area (TPSA) is 94.0 Å². The predicted molar refractivity (Wildman–Crippen MR) is 111 cm³/mol. The number of hydrogen-bond acceptors (Lipinski definition) is 8. The molecule has 0 saturated carbocycles. The largest absolute Gasteiger partial charge is 0.421 e. The van der Waals surface area contributed by atoms with Crippen LogP contribution in [0.3, 0.4) is 0 Å². The summed E-state index contributed by atoms with van der Waals surface area (Å²) in [6, 6.07) is 7.94. The van der Waals surface area contributed by atoms with Crippen molar-refractivity contribution in [3.8, 4) is 0 Å². The fourth-order valence-corrected chi connectivity index (χ4v) is 4.67. The lowest BCUT2D eigenvalue weighted by Gasteiger charge is -2.35. The van der Waals surface area contributed by atoms with E-state index < -0.39 is 23.9 Å². The number of anilines is 4. The summed E-state index contributed by atoms with van der Waals surface area (Å²) in [5.41, 5.74) is 0.696. The lowest BCUT2D eigenvalue weighted by Crippen LogP contribution is -2.46. The summed E-state index contributed by atoms with van der Waals surface area (Å²) in [4.78, 5) is 11.5. The third-order valence-corrected chi connectivity index (χ3v) is 6.14. The second kappa shape index (κ2) is 8.05. The first-order valence-corrected chi connectivity index (χ1v) is 10.6. The molecule has 0 amide bonds. The number of aromatic nitrogens is 2. The molecule has 3 saturated heterocycles. The maximum atomic E-state index is 13.5. The van der Waals surface area contributed by atoms with Crippen molar-refractivity contribution in [2.75, 3.05) is 41.4 Å². The van der Waals surface area contributed by atoms with E-state index in [1.165, 1.54) is 4.90 Å². The van der Waals surface area contributed by atoms with Gasteiger partial charge in [-0.2, -0.15) is 18.2 Å². The molecule has 0 spiro atoms. The van der Waals surface area contributed by atoms with Gasteiger partial charge in [-0.25, -0.2) is 4.98 Å². The van der Waals surface area contributed by atoms with E-state index in [1.807, 2.05) is 24.3 Å². The van der Waals surface area contributed by atoms with Gasteiger partial charge in [0.25, 0.3) is 0 Å². The van der Waals surface area contributed by atoms with Crippen LogP contribution in [-0.2, 0) is 10.9 Å². The zero-order valence-corrected chi connectivity index (χ0v) is 17.2. The van der Waals surface area contributed by atoms with Gasteiger partial charge < -0.3 is 30.1 Å². The van der Waals surface area contributed by atoms with Gasteiger partial charge in [0.1, 0.15) is 11.4 Å². The van der Waals surface area contributed by atoms with Gasteiger partial charge in [0.15, 0.2) is 0 Å². The highest BCUT2D eigenvalue weighted by molar-refractivity contribution is 5.62. The first kappa shape index (κ1) is 21.2. The van der Waals surface area contributed by atoms with Gasteiger partial charge in [-0.1, -0.05) is 0 Å². The zero-order valence-electron chi connectivity index (χ0n) is 17.2. The molecule has 8 nitrogen and oxygen atoms in total. The number of nitrogens with one attached hydrogen (secondary N) is 1. The average Bonchev–Trinajstić information content (AvgIpc) is 3.36. The second-order valence-electron chi connectivity index (χ2n) is 8.55. The normalized spacial score (nSPS) is 27.8. The van der Waals surface area contributed by atoms with E-state index in [0.717, 1.165) is 31.5 Å². The van der Waals surface area contributed by atoms with Crippen molar-refractivity contribution in [1.82, 2.24) is 9.97 Å². The van der Waals surface area contributed by atoms with Crippen LogP contribution < -0.4 is 15.1 Å². The molecular formula is C21H24F3N5O3. The van der Waals surface area contributed by atoms with Crippen LogP contribution >= 0.6 is 0 Å². The van der Waals surface area contributed by atoms with Crippen molar-refractivity contribution in [1.29, 1.82) is 0 Å². The summed E-state index contributed by atoms with van der Waals surface area (Å²) < 4.78 is 46.3. The second-order valence-corrected chi connectivity index (χ2v) is 8.55. The molecule has 2 aromatic rings. The third kappa shape index (κ3) is 4.19. The Hall–Kier alpha value is -2.63. The highest BCUT2D eigenvalue weighted by Crippen LogP contribution is 2.37. The van der Waals surface area contributed by atoms with Crippen molar-refractivity contribution in [3.63, 3.8) is 0 Å². The molecule has 3 fully saturated rings. The van der Waals surface area contributed by atoms with Crippen LogP contribution in [0.1, 0.15) is 18.4 Å². The van der Waals surface area contributed by atoms with Crippen molar-refractivity contribution >= 4 is 23.1 Å².